The first-order chi connectivity index (χ1) is 12.5. The lowest BCUT2D eigenvalue weighted by molar-refractivity contribution is 0.0741. The largest absolute Gasteiger partial charge is 0.337 e. The smallest absolute Gasteiger partial charge is 0.257 e. The number of hydrogen-bond acceptors (Lipinski definition) is 4. The molecule has 1 aliphatic heterocycles. The van der Waals surface area contributed by atoms with Crippen molar-refractivity contribution in [1.29, 1.82) is 0 Å². The molecule has 0 N–H and O–H groups in total. The van der Waals surface area contributed by atoms with E-state index in [2.05, 4.69) is 10.2 Å². The first-order valence-electron chi connectivity index (χ1n) is 8.02. The Balaban J connectivity index is 1.51. The molecule has 9 heteroatoms. The van der Waals surface area contributed by atoms with E-state index in [1.165, 1.54) is 4.90 Å². The number of benzene rings is 1. The van der Waals surface area contributed by atoms with Crippen LogP contribution in [0.1, 0.15) is 10.4 Å². The van der Waals surface area contributed by atoms with Crippen molar-refractivity contribution in [2.24, 2.45) is 0 Å². The van der Waals surface area contributed by atoms with E-state index in [9.17, 15) is 13.6 Å². The minimum Gasteiger partial charge on any atom is -0.337 e. The SMILES string of the molecule is O=C(c1cc(F)ccc1F)N1CCN(c2nnc3ccc(Cl)cn23)CC1. The van der Waals surface area contributed by atoms with Gasteiger partial charge in [0, 0.05) is 32.4 Å². The van der Waals surface area contributed by atoms with Gasteiger partial charge in [-0.2, -0.15) is 0 Å². The minimum atomic E-state index is -0.725. The van der Waals surface area contributed by atoms with Gasteiger partial charge in [-0.1, -0.05) is 11.6 Å². The third-order valence-electron chi connectivity index (χ3n) is 4.36. The van der Waals surface area contributed by atoms with Crippen LogP contribution < -0.4 is 4.90 Å². The molecule has 0 unspecified atom stereocenters. The van der Waals surface area contributed by atoms with Crippen LogP contribution in [0.2, 0.25) is 5.02 Å². The summed E-state index contributed by atoms with van der Waals surface area (Å²) in [7, 11) is 0. The molecule has 1 aromatic carbocycles. The second kappa shape index (κ2) is 6.53. The third kappa shape index (κ3) is 2.96. The molecule has 134 valence electrons. The fraction of sp³-hybridized carbons (Fsp3) is 0.235. The van der Waals surface area contributed by atoms with Gasteiger partial charge in [-0.15, -0.1) is 10.2 Å². The highest BCUT2D eigenvalue weighted by Crippen LogP contribution is 2.20. The molecule has 1 saturated heterocycles. The van der Waals surface area contributed by atoms with Crippen LogP contribution in [0.4, 0.5) is 14.7 Å². The van der Waals surface area contributed by atoms with Gasteiger partial charge in [-0.05, 0) is 30.3 Å². The number of carbonyl (C=O) groups excluding carboxylic acids is 1. The van der Waals surface area contributed by atoms with Gasteiger partial charge >= 0.3 is 0 Å². The Morgan fingerprint density at radius 3 is 2.58 bits per heavy atom. The van der Waals surface area contributed by atoms with Gasteiger partial charge in [0.2, 0.25) is 5.95 Å². The average molecular weight is 378 g/mol. The monoisotopic (exact) mass is 377 g/mol. The number of halogens is 3. The Kier molecular flexibility index (Phi) is 4.20. The summed E-state index contributed by atoms with van der Waals surface area (Å²) in [6.07, 6.45) is 1.73. The predicted octanol–water partition coefficient (Wildman–Crippen LogP) is 2.62. The molecule has 3 aromatic rings. The lowest BCUT2D eigenvalue weighted by atomic mass is 10.1. The fourth-order valence-corrected chi connectivity index (χ4v) is 3.17. The van der Waals surface area contributed by atoms with E-state index < -0.39 is 17.5 Å². The lowest BCUT2D eigenvalue weighted by Crippen LogP contribution is -2.49. The van der Waals surface area contributed by atoms with Crippen LogP contribution in [0.15, 0.2) is 36.5 Å². The van der Waals surface area contributed by atoms with E-state index in [4.69, 9.17) is 11.6 Å². The van der Waals surface area contributed by atoms with E-state index in [1.54, 1.807) is 22.7 Å². The zero-order valence-electron chi connectivity index (χ0n) is 13.6. The Morgan fingerprint density at radius 1 is 1.04 bits per heavy atom. The summed E-state index contributed by atoms with van der Waals surface area (Å²) >= 11 is 6.03. The Labute approximate surface area is 152 Å². The topological polar surface area (TPSA) is 53.7 Å². The average Bonchev–Trinajstić information content (AvgIpc) is 3.06. The van der Waals surface area contributed by atoms with Crippen molar-refractivity contribution in [2.75, 3.05) is 31.1 Å². The minimum absolute atomic E-state index is 0.252. The summed E-state index contributed by atoms with van der Waals surface area (Å²) < 4.78 is 28.9. The van der Waals surface area contributed by atoms with Crippen LogP contribution in [0, 0.1) is 11.6 Å². The van der Waals surface area contributed by atoms with Crippen molar-refractivity contribution in [3.8, 4) is 0 Å². The molecule has 0 atom stereocenters. The molecule has 0 aliphatic carbocycles. The highest BCUT2D eigenvalue weighted by molar-refractivity contribution is 6.30. The third-order valence-corrected chi connectivity index (χ3v) is 4.58. The lowest BCUT2D eigenvalue weighted by Gasteiger charge is -2.34. The number of nitrogens with zero attached hydrogens (tertiary/aromatic N) is 5. The number of amides is 1. The van der Waals surface area contributed by atoms with E-state index in [0.29, 0.717) is 42.8 Å². The first-order valence-corrected chi connectivity index (χ1v) is 8.40. The van der Waals surface area contributed by atoms with Gasteiger partial charge in [0.05, 0.1) is 10.6 Å². The maximum Gasteiger partial charge on any atom is 0.257 e. The Hall–Kier alpha value is -2.74. The van der Waals surface area contributed by atoms with Crippen LogP contribution in [-0.2, 0) is 0 Å². The maximum absolute atomic E-state index is 13.8. The number of carbonyl (C=O) groups is 1. The molecule has 0 spiro atoms. The zero-order valence-corrected chi connectivity index (χ0v) is 14.3. The maximum atomic E-state index is 13.8. The Morgan fingerprint density at radius 2 is 1.81 bits per heavy atom. The molecule has 0 saturated carbocycles. The zero-order chi connectivity index (χ0) is 18.3. The molecule has 0 radical (unpaired) electrons. The molecular formula is C17H14ClF2N5O. The molecular weight excluding hydrogens is 364 g/mol. The number of piperazine rings is 1. The first kappa shape index (κ1) is 16.7. The number of rotatable bonds is 2. The van der Waals surface area contributed by atoms with Crippen molar-refractivity contribution in [3.63, 3.8) is 0 Å². The van der Waals surface area contributed by atoms with Crippen molar-refractivity contribution < 1.29 is 13.6 Å². The van der Waals surface area contributed by atoms with Crippen molar-refractivity contribution >= 4 is 29.1 Å². The van der Waals surface area contributed by atoms with Gasteiger partial charge in [0.25, 0.3) is 5.91 Å². The number of anilines is 1. The number of hydrogen-bond donors (Lipinski definition) is 0. The van der Waals surface area contributed by atoms with E-state index in [-0.39, 0.29) is 5.56 Å². The number of aromatic nitrogens is 3. The van der Waals surface area contributed by atoms with Crippen molar-refractivity contribution in [3.05, 3.63) is 58.7 Å². The molecule has 1 aliphatic rings. The molecule has 3 heterocycles. The summed E-state index contributed by atoms with van der Waals surface area (Å²) in [5, 5.41) is 8.84. The standard InChI is InChI=1S/C17H14ClF2N5O/c18-11-1-4-15-21-22-17(25(15)10-11)24-7-5-23(6-8-24)16(26)13-9-12(19)2-3-14(13)20/h1-4,9-10H,5-8H2. The van der Waals surface area contributed by atoms with E-state index >= 15 is 0 Å². The Bertz CT molecular complexity index is 984. The van der Waals surface area contributed by atoms with Crippen LogP contribution in [0.3, 0.4) is 0 Å². The predicted molar refractivity (Wildman–Crippen MR) is 92.5 cm³/mol. The molecule has 1 amide bonds. The molecule has 1 fully saturated rings. The van der Waals surface area contributed by atoms with Crippen LogP contribution in [0.5, 0.6) is 0 Å². The molecule has 2 aromatic heterocycles. The van der Waals surface area contributed by atoms with Gasteiger partial charge in [-0.25, -0.2) is 8.78 Å². The van der Waals surface area contributed by atoms with Crippen LogP contribution in [-0.4, -0.2) is 51.6 Å². The van der Waals surface area contributed by atoms with E-state index in [1.807, 2.05) is 4.90 Å². The van der Waals surface area contributed by atoms with Gasteiger partial charge in [0.15, 0.2) is 5.65 Å². The fourth-order valence-electron chi connectivity index (χ4n) is 3.01. The van der Waals surface area contributed by atoms with Gasteiger partial charge in [0.1, 0.15) is 11.6 Å². The number of pyridine rings is 1. The molecule has 6 nitrogen and oxygen atoms in total. The van der Waals surface area contributed by atoms with Crippen molar-refractivity contribution in [1.82, 2.24) is 19.5 Å². The summed E-state index contributed by atoms with van der Waals surface area (Å²) in [6, 6.07) is 6.39. The van der Waals surface area contributed by atoms with E-state index in [0.717, 1.165) is 18.2 Å². The molecule has 0 bridgehead atoms. The van der Waals surface area contributed by atoms with Crippen LogP contribution >= 0.6 is 11.6 Å². The highest BCUT2D eigenvalue weighted by Gasteiger charge is 2.26. The summed E-state index contributed by atoms with van der Waals surface area (Å²) in [5.41, 5.74) is 0.419. The van der Waals surface area contributed by atoms with Crippen LogP contribution in [0.25, 0.3) is 5.65 Å². The number of fused-ring (bicyclic) bond motifs is 1. The quantitative estimate of drug-likeness (QED) is 0.689. The summed E-state index contributed by atoms with van der Waals surface area (Å²) in [5.74, 6) is -1.25. The van der Waals surface area contributed by atoms with Crippen molar-refractivity contribution in [2.45, 2.75) is 0 Å². The normalized spacial score (nSPS) is 14.9. The highest BCUT2D eigenvalue weighted by atomic mass is 35.5. The summed E-state index contributed by atoms with van der Waals surface area (Å²) in [4.78, 5) is 16.0. The van der Waals surface area contributed by atoms with Gasteiger partial charge in [-0.3, -0.25) is 9.20 Å². The molecule has 26 heavy (non-hydrogen) atoms. The summed E-state index contributed by atoms with van der Waals surface area (Å²) in [6.45, 7) is 1.72. The van der Waals surface area contributed by atoms with Gasteiger partial charge < -0.3 is 9.80 Å². The second-order valence-electron chi connectivity index (χ2n) is 5.98. The second-order valence-corrected chi connectivity index (χ2v) is 6.42. The molecule has 4 rings (SSSR count).